The minimum absolute atomic E-state index is 0.150. The van der Waals surface area contributed by atoms with Gasteiger partial charge in [0.25, 0.3) is 0 Å². The molecule has 0 spiro atoms. The molecule has 0 saturated carbocycles. The number of ether oxygens (including phenoxy) is 1. The van der Waals surface area contributed by atoms with E-state index in [1.54, 1.807) is 6.07 Å². The summed E-state index contributed by atoms with van der Waals surface area (Å²) in [6.45, 7) is 2.37. The van der Waals surface area contributed by atoms with Crippen LogP contribution in [0.1, 0.15) is 37.8 Å². The maximum Gasteiger partial charge on any atom is 0.403 e. The average molecular weight is 273 g/mol. The van der Waals surface area contributed by atoms with Crippen molar-refractivity contribution in [1.82, 2.24) is 5.32 Å². The predicted octanol–water partition coefficient (Wildman–Crippen LogP) is 3.83. The Labute approximate surface area is 111 Å². The molecule has 1 saturated heterocycles. The van der Waals surface area contributed by atoms with Crippen LogP contribution in [0.15, 0.2) is 24.3 Å². The Balaban J connectivity index is 2.17. The van der Waals surface area contributed by atoms with Crippen LogP contribution in [0.3, 0.4) is 0 Å². The topological polar surface area (TPSA) is 21.3 Å². The van der Waals surface area contributed by atoms with Crippen molar-refractivity contribution in [2.75, 3.05) is 6.61 Å². The Morgan fingerprint density at radius 2 is 2.00 bits per heavy atom. The molecule has 2 rings (SSSR count). The van der Waals surface area contributed by atoms with E-state index in [1.165, 1.54) is 0 Å². The highest BCUT2D eigenvalue weighted by Crippen LogP contribution is 2.36. The largest absolute Gasteiger partial charge is 0.494 e. The highest BCUT2D eigenvalue weighted by atomic mass is 19.4. The third kappa shape index (κ3) is 3.41. The number of alkyl halides is 3. The number of hydrogen-bond donors (Lipinski definition) is 1. The summed E-state index contributed by atoms with van der Waals surface area (Å²) in [5.41, 5.74) is 0.818. The highest BCUT2D eigenvalue weighted by Gasteiger charge is 2.42. The molecule has 1 aliphatic rings. The molecule has 5 heteroatoms. The fourth-order valence-electron chi connectivity index (χ4n) is 2.49. The summed E-state index contributed by atoms with van der Waals surface area (Å²) in [5.74, 6) is 0.672. The van der Waals surface area contributed by atoms with Gasteiger partial charge >= 0.3 is 6.18 Å². The Kier molecular flexibility index (Phi) is 4.34. The van der Waals surface area contributed by atoms with Crippen molar-refractivity contribution in [2.24, 2.45) is 0 Å². The van der Waals surface area contributed by atoms with E-state index in [4.69, 9.17) is 4.74 Å². The molecule has 2 atom stereocenters. The maximum absolute atomic E-state index is 12.8. The standard InChI is InChI=1S/C14H18F3NO/c1-2-19-12-8-4-3-6-10(12)11-7-5-9-13(18-11)14(15,16)17/h3-4,6,8,11,13,18H,2,5,7,9H2,1H3. The van der Waals surface area contributed by atoms with Crippen molar-refractivity contribution in [2.45, 2.75) is 44.4 Å². The lowest BCUT2D eigenvalue weighted by atomic mass is 9.92. The SMILES string of the molecule is CCOc1ccccc1C1CCCC(C(F)(F)F)N1. The van der Waals surface area contributed by atoms with Crippen LogP contribution in [0.25, 0.3) is 0 Å². The van der Waals surface area contributed by atoms with Gasteiger partial charge in [-0.3, -0.25) is 5.32 Å². The summed E-state index contributed by atoms with van der Waals surface area (Å²) in [6, 6.07) is 5.60. The molecular weight excluding hydrogens is 255 g/mol. The zero-order chi connectivity index (χ0) is 13.9. The molecule has 1 aliphatic heterocycles. The normalized spacial score (nSPS) is 24.2. The average Bonchev–Trinajstić information content (AvgIpc) is 2.39. The number of halogens is 3. The van der Waals surface area contributed by atoms with Gasteiger partial charge in [0.05, 0.1) is 6.61 Å². The molecule has 0 amide bonds. The lowest BCUT2D eigenvalue weighted by Gasteiger charge is -2.33. The molecular formula is C14H18F3NO. The van der Waals surface area contributed by atoms with Gasteiger partial charge in [0, 0.05) is 11.6 Å². The Morgan fingerprint density at radius 1 is 1.26 bits per heavy atom. The summed E-state index contributed by atoms with van der Waals surface area (Å²) in [4.78, 5) is 0. The lowest BCUT2D eigenvalue weighted by molar-refractivity contribution is -0.163. The van der Waals surface area contributed by atoms with E-state index < -0.39 is 12.2 Å². The first kappa shape index (κ1) is 14.2. The van der Waals surface area contributed by atoms with E-state index in [9.17, 15) is 13.2 Å². The summed E-state index contributed by atoms with van der Waals surface area (Å²) in [5, 5.41) is 2.70. The van der Waals surface area contributed by atoms with Crippen molar-refractivity contribution in [3.8, 4) is 5.75 Å². The first-order valence-corrected chi connectivity index (χ1v) is 6.57. The fourth-order valence-corrected chi connectivity index (χ4v) is 2.49. The minimum Gasteiger partial charge on any atom is -0.494 e. The molecule has 0 aromatic heterocycles. The Hall–Kier alpha value is -1.23. The molecule has 1 heterocycles. The summed E-state index contributed by atoms with van der Waals surface area (Å²) in [7, 11) is 0. The van der Waals surface area contributed by atoms with Crippen LogP contribution < -0.4 is 10.1 Å². The van der Waals surface area contributed by atoms with Gasteiger partial charge in [0.1, 0.15) is 11.8 Å². The van der Waals surface area contributed by atoms with Crippen LogP contribution in [0.5, 0.6) is 5.75 Å². The van der Waals surface area contributed by atoms with Gasteiger partial charge in [0.15, 0.2) is 0 Å². The third-order valence-corrected chi connectivity index (χ3v) is 3.38. The maximum atomic E-state index is 12.8. The highest BCUT2D eigenvalue weighted by molar-refractivity contribution is 5.36. The first-order valence-electron chi connectivity index (χ1n) is 6.57. The molecule has 1 aromatic rings. The molecule has 1 fully saturated rings. The van der Waals surface area contributed by atoms with E-state index in [0.29, 0.717) is 25.2 Å². The zero-order valence-corrected chi connectivity index (χ0v) is 10.8. The van der Waals surface area contributed by atoms with Gasteiger partial charge in [-0.05, 0) is 32.3 Å². The van der Waals surface area contributed by atoms with E-state index in [2.05, 4.69) is 5.32 Å². The predicted molar refractivity (Wildman–Crippen MR) is 67.2 cm³/mol. The Bertz CT molecular complexity index is 419. The van der Waals surface area contributed by atoms with Gasteiger partial charge in [0.2, 0.25) is 0 Å². The number of piperidine rings is 1. The minimum atomic E-state index is -4.18. The van der Waals surface area contributed by atoms with Crippen molar-refractivity contribution in [1.29, 1.82) is 0 Å². The van der Waals surface area contributed by atoms with Crippen molar-refractivity contribution in [3.63, 3.8) is 0 Å². The van der Waals surface area contributed by atoms with Gasteiger partial charge in [-0.2, -0.15) is 13.2 Å². The summed E-state index contributed by atoms with van der Waals surface area (Å²) >= 11 is 0. The second-order valence-electron chi connectivity index (χ2n) is 4.72. The number of para-hydroxylation sites is 1. The number of benzene rings is 1. The van der Waals surface area contributed by atoms with E-state index >= 15 is 0 Å². The van der Waals surface area contributed by atoms with Crippen molar-refractivity contribution < 1.29 is 17.9 Å². The number of rotatable bonds is 3. The zero-order valence-electron chi connectivity index (χ0n) is 10.8. The number of hydrogen-bond acceptors (Lipinski definition) is 2. The molecule has 2 unspecified atom stereocenters. The van der Waals surface area contributed by atoms with Gasteiger partial charge in [-0.25, -0.2) is 0 Å². The second-order valence-corrected chi connectivity index (χ2v) is 4.72. The molecule has 0 aliphatic carbocycles. The molecule has 1 N–H and O–H groups in total. The second kappa shape index (κ2) is 5.82. The van der Waals surface area contributed by atoms with Gasteiger partial charge < -0.3 is 4.74 Å². The van der Waals surface area contributed by atoms with Crippen LogP contribution in [0.2, 0.25) is 0 Å². The van der Waals surface area contributed by atoms with Crippen molar-refractivity contribution >= 4 is 0 Å². The van der Waals surface area contributed by atoms with Crippen LogP contribution in [-0.4, -0.2) is 18.8 Å². The van der Waals surface area contributed by atoms with Gasteiger partial charge in [-0.1, -0.05) is 18.2 Å². The summed E-state index contributed by atoms with van der Waals surface area (Å²) in [6.07, 6.45) is -2.75. The summed E-state index contributed by atoms with van der Waals surface area (Å²) < 4.78 is 43.8. The van der Waals surface area contributed by atoms with Crippen LogP contribution in [0.4, 0.5) is 13.2 Å². The molecule has 19 heavy (non-hydrogen) atoms. The Morgan fingerprint density at radius 3 is 2.68 bits per heavy atom. The lowest BCUT2D eigenvalue weighted by Crippen LogP contribution is -2.46. The third-order valence-electron chi connectivity index (χ3n) is 3.38. The fraction of sp³-hybridized carbons (Fsp3) is 0.571. The van der Waals surface area contributed by atoms with Crippen LogP contribution in [-0.2, 0) is 0 Å². The quantitative estimate of drug-likeness (QED) is 0.903. The number of nitrogens with one attached hydrogen (secondary N) is 1. The molecule has 1 aromatic carbocycles. The molecule has 106 valence electrons. The van der Waals surface area contributed by atoms with E-state index in [1.807, 2.05) is 25.1 Å². The van der Waals surface area contributed by atoms with E-state index in [0.717, 1.165) is 5.56 Å². The van der Waals surface area contributed by atoms with Crippen LogP contribution >= 0.6 is 0 Å². The first-order chi connectivity index (χ1) is 9.02. The molecule has 0 radical (unpaired) electrons. The van der Waals surface area contributed by atoms with E-state index in [-0.39, 0.29) is 12.5 Å². The monoisotopic (exact) mass is 273 g/mol. The molecule has 0 bridgehead atoms. The molecule has 2 nitrogen and oxygen atoms in total. The smallest absolute Gasteiger partial charge is 0.403 e. The van der Waals surface area contributed by atoms with Crippen molar-refractivity contribution in [3.05, 3.63) is 29.8 Å². The van der Waals surface area contributed by atoms with Crippen LogP contribution in [0, 0.1) is 0 Å². The van der Waals surface area contributed by atoms with Gasteiger partial charge in [-0.15, -0.1) is 0 Å².